The van der Waals surface area contributed by atoms with Crippen molar-refractivity contribution >= 4 is 21.5 Å². The van der Waals surface area contributed by atoms with E-state index in [1.54, 1.807) is 25.1 Å². The van der Waals surface area contributed by atoms with Gasteiger partial charge < -0.3 is 10.4 Å². The lowest BCUT2D eigenvalue weighted by molar-refractivity contribution is 0.0698. The number of anilines is 1. The normalized spacial score (nSPS) is 25.8. The Balaban J connectivity index is 2.28. The number of hydrogen-bond donors (Lipinski definition) is 2. The van der Waals surface area contributed by atoms with Gasteiger partial charge >= 0.3 is 5.97 Å². The highest BCUT2D eigenvalue weighted by Gasteiger charge is 2.38. The molecule has 1 unspecified atom stereocenters. The number of sulfone groups is 1. The van der Waals surface area contributed by atoms with Gasteiger partial charge in [0.1, 0.15) is 0 Å². The van der Waals surface area contributed by atoms with Gasteiger partial charge in [-0.05, 0) is 25.5 Å². The van der Waals surface area contributed by atoms with Crippen LogP contribution in [0.1, 0.15) is 23.7 Å². The van der Waals surface area contributed by atoms with E-state index in [4.69, 9.17) is 5.11 Å². The van der Waals surface area contributed by atoms with E-state index in [0.29, 0.717) is 12.1 Å². The van der Waals surface area contributed by atoms with E-state index >= 15 is 0 Å². The third-order valence-corrected chi connectivity index (χ3v) is 5.00. The summed E-state index contributed by atoms with van der Waals surface area (Å²) < 4.78 is 23.0. The molecule has 1 atom stereocenters. The molecule has 1 aliphatic heterocycles. The summed E-state index contributed by atoms with van der Waals surface area (Å²) in [6.07, 6.45) is 0.489. The molecule has 0 amide bonds. The van der Waals surface area contributed by atoms with E-state index in [-0.39, 0.29) is 17.1 Å². The number of carboxylic acid groups (broad SMARTS) is 1. The summed E-state index contributed by atoms with van der Waals surface area (Å²) in [5.41, 5.74) is 0.0253. The monoisotopic (exact) mass is 269 g/mol. The topological polar surface area (TPSA) is 83.5 Å². The Labute approximate surface area is 106 Å². The fourth-order valence-electron chi connectivity index (χ4n) is 2.21. The molecule has 18 heavy (non-hydrogen) atoms. The van der Waals surface area contributed by atoms with Crippen molar-refractivity contribution < 1.29 is 18.3 Å². The van der Waals surface area contributed by atoms with E-state index in [0.717, 1.165) is 0 Å². The van der Waals surface area contributed by atoms with Gasteiger partial charge in [-0.25, -0.2) is 13.2 Å². The van der Waals surface area contributed by atoms with Crippen LogP contribution in [0.3, 0.4) is 0 Å². The summed E-state index contributed by atoms with van der Waals surface area (Å²) in [6, 6.07) is 6.51. The third kappa shape index (κ3) is 2.64. The summed E-state index contributed by atoms with van der Waals surface area (Å²) in [4.78, 5) is 11.1. The number of rotatable bonds is 3. The standard InChI is InChI=1S/C12H15NO4S/c1-12(6-7-18(16,17)8-12)13-10-5-3-2-4-9(10)11(14)15/h2-5,13H,6-8H2,1H3,(H,14,15). The molecule has 98 valence electrons. The average molecular weight is 269 g/mol. The Morgan fingerprint density at radius 3 is 2.61 bits per heavy atom. The highest BCUT2D eigenvalue weighted by Crippen LogP contribution is 2.28. The Kier molecular flexibility index (Phi) is 3.06. The molecule has 0 aliphatic carbocycles. The molecule has 0 aromatic heterocycles. The van der Waals surface area contributed by atoms with Crippen molar-refractivity contribution in [2.75, 3.05) is 16.8 Å². The summed E-state index contributed by atoms with van der Waals surface area (Å²) >= 11 is 0. The van der Waals surface area contributed by atoms with Gasteiger partial charge in [0.15, 0.2) is 9.84 Å². The minimum Gasteiger partial charge on any atom is -0.478 e. The molecule has 0 saturated carbocycles. The first-order valence-electron chi connectivity index (χ1n) is 5.62. The van der Waals surface area contributed by atoms with E-state index in [1.807, 2.05) is 0 Å². The van der Waals surface area contributed by atoms with Gasteiger partial charge in [0.25, 0.3) is 0 Å². The number of hydrogen-bond acceptors (Lipinski definition) is 4. The number of carboxylic acids is 1. The SMILES string of the molecule is CC1(Nc2ccccc2C(=O)O)CCS(=O)(=O)C1. The number of nitrogens with one attached hydrogen (secondary N) is 1. The van der Waals surface area contributed by atoms with Crippen molar-refractivity contribution in [1.29, 1.82) is 0 Å². The third-order valence-electron chi connectivity index (χ3n) is 3.10. The van der Waals surface area contributed by atoms with Gasteiger partial charge in [-0.1, -0.05) is 12.1 Å². The number of benzene rings is 1. The lowest BCUT2D eigenvalue weighted by atomic mass is 10.0. The van der Waals surface area contributed by atoms with Gasteiger partial charge in [0.05, 0.1) is 17.1 Å². The molecule has 1 saturated heterocycles. The van der Waals surface area contributed by atoms with Gasteiger partial charge in [-0.3, -0.25) is 0 Å². The number of aromatic carboxylic acids is 1. The van der Waals surface area contributed by atoms with Crippen molar-refractivity contribution in [3.05, 3.63) is 29.8 Å². The summed E-state index contributed by atoms with van der Waals surface area (Å²) in [6.45, 7) is 1.80. The second-order valence-corrected chi connectivity index (χ2v) is 7.06. The average Bonchev–Trinajstić information content (AvgIpc) is 2.53. The highest BCUT2D eigenvalue weighted by molar-refractivity contribution is 7.91. The number of para-hydroxylation sites is 1. The van der Waals surface area contributed by atoms with Crippen LogP contribution in [-0.2, 0) is 9.84 Å². The predicted octanol–water partition coefficient (Wildman–Crippen LogP) is 1.37. The summed E-state index contributed by atoms with van der Waals surface area (Å²) in [5.74, 6) is -0.845. The van der Waals surface area contributed by atoms with Crippen LogP contribution in [0, 0.1) is 0 Å². The van der Waals surface area contributed by atoms with Gasteiger partial charge in [-0.2, -0.15) is 0 Å². The first kappa shape index (κ1) is 12.9. The zero-order valence-electron chi connectivity index (χ0n) is 10.0. The molecule has 0 radical (unpaired) electrons. The molecular formula is C12H15NO4S. The van der Waals surface area contributed by atoms with Crippen molar-refractivity contribution in [2.24, 2.45) is 0 Å². The first-order valence-corrected chi connectivity index (χ1v) is 7.44. The van der Waals surface area contributed by atoms with Crippen LogP contribution in [0.25, 0.3) is 0 Å². The molecule has 0 spiro atoms. The highest BCUT2D eigenvalue weighted by atomic mass is 32.2. The quantitative estimate of drug-likeness (QED) is 0.866. The van der Waals surface area contributed by atoms with Crippen LogP contribution in [-0.4, -0.2) is 36.5 Å². The smallest absolute Gasteiger partial charge is 0.337 e. The van der Waals surface area contributed by atoms with Crippen molar-refractivity contribution in [1.82, 2.24) is 0 Å². The fourth-order valence-corrected chi connectivity index (χ4v) is 4.31. The van der Waals surface area contributed by atoms with Gasteiger partial charge in [0, 0.05) is 11.2 Å². The molecule has 1 aromatic carbocycles. The fraction of sp³-hybridized carbons (Fsp3) is 0.417. The molecule has 2 rings (SSSR count). The molecule has 0 bridgehead atoms. The Morgan fingerprint density at radius 2 is 2.06 bits per heavy atom. The Hall–Kier alpha value is -1.56. The molecular weight excluding hydrogens is 254 g/mol. The Morgan fingerprint density at radius 1 is 1.39 bits per heavy atom. The van der Waals surface area contributed by atoms with E-state index in [2.05, 4.69) is 5.32 Å². The van der Waals surface area contributed by atoms with Crippen molar-refractivity contribution in [3.8, 4) is 0 Å². The molecule has 1 fully saturated rings. The van der Waals surface area contributed by atoms with Crippen molar-refractivity contribution in [3.63, 3.8) is 0 Å². The predicted molar refractivity (Wildman–Crippen MR) is 68.7 cm³/mol. The van der Waals surface area contributed by atoms with Gasteiger partial charge in [-0.15, -0.1) is 0 Å². The second-order valence-electron chi connectivity index (χ2n) is 4.88. The van der Waals surface area contributed by atoms with E-state index in [9.17, 15) is 13.2 Å². The van der Waals surface area contributed by atoms with E-state index < -0.39 is 21.3 Å². The molecule has 1 aliphatic rings. The van der Waals surface area contributed by atoms with E-state index in [1.165, 1.54) is 6.07 Å². The minimum absolute atomic E-state index is 0.0357. The van der Waals surface area contributed by atoms with Crippen LogP contribution < -0.4 is 5.32 Å². The molecule has 1 aromatic rings. The van der Waals surface area contributed by atoms with Crippen LogP contribution in [0.2, 0.25) is 0 Å². The van der Waals surface area contributed by atoms with Crippen molar-refractivity contribution in [2.45, 2.75) is 18.9 Å². The number of carbonyl (C=O) groups is 1. The maximum Gasteiger partial charge on any atom is 0.337 e. The lowest BCUT2D eigenvalue weighted by Gasteiger charge is -2.26. The molecule has 2 N–H and O–H groups in total. The largest absolute Gasteiger partial charge is 0.478 e. The summed E-state index contributed by atoms with van der Waals surface area (Å²) in [7, 11) is -3.02. The van der Waals surface area contributed by atoms with Gasteiger partial charge in [0.2, 0.25) is 0 Å². The zero-order valence-corrected chi connectivity index (χ0v) is 10.8. The maximum absolute atomic E-state index is 11.5. The lowest BCUT2D eigenvalue weighted by Crippen LogP contribution is -2.36. The molecule has 5 nitrogen and oxygen atoms in total. The first-order chi connectivity index (χ1) is 8.31. The van der Waals surface area contributed by atoms with Crippen LogP contribution in [0.5, 0.6) is 0 Å². The second kappa shape index (κ2) is 4.28. The Bertz CT molecular complexity index is 581. The van der Waals surface area contributed by atoms with Crippen LogP contribution >= 0.6 is 0 Å². The maximum atomic E-state index is 11.5. The summed E-state index contributed by atoms with van der Waals surface area (Å²) in [5, 5.41) is 12.1. The van der Waals surface area contributed by atoms with Crippen LogP contribution in [0.15, 0.2) is 24.3 Å². The van der Waals surface area contributed by atoms with Crippen LogP contribution in [0.4, 0.5) is 5.69 Å². The molecule has 6 heteroatoms. The zero-order chi connectivity index (χ0) is 13.4. The molecule has 1 heterocycles. The minimum atomic E-state index is -3.02.